The first-order valence-corrected chi connectivity index (χ1v) is 8.93. The summed E-state index contributed by atoms with van der Waals surface area (Å²) < 4.78 is 14.2. The van der Waals surface area contributed by atoms with Crippen molar-refractivity contribution in [2.75, 3.05) is 6.61 Å². The van der Waals surface area contributed by atoms with Crippen molar-refractivity contribution in [2.45, 2.75) is 39.8 Å². The van der Waals surface area contributed by atoms with Gasteiger partial charge in [-0.25, -0.2) is 14.2 Å². The molecule has 0 aliphatic heterocycles. The summed E-state index contributed by atoms with van der Waals surface area (Å²) in [5.41, 5.74) is 0.930. The molecular weight excluding hydrogens is 348 g/mol. The van der Waals surface area contributed by atoms with Crippen molar-refractivity contribution >= 4 is 5.97 Å². The normalized spacial score (nSPS) is 10.7. The van der Waals surface area contributed by atoms with Gasteiger partial charge in [-0.15, -0.1) is 5.10 Å². The second kappa shape index (κ2) is 8.93. The van der Waals surface area contributed by atoms with E-state index in [0.29, 0.717) is 11.6 Å². The van der Waals surface area contributed by atoms with Crippen LogP contribution in [0.2, 0.25) is 0 Å². The minimum Gasteiger partial charge on any atom is -0.481 e. The van der Waals surface area contributed by atoms with Gasteiger partial charge in [-0.2, -0.15) is 5.10 Å². The van der Waals surface area contributed by atoms with Crippen LogP contribution in [-0.2, 0) is 17.9 Å². The van der Waals surface area contributed by atoms with Crippen LogP contribution in [0.1, 0.15) is 43.0 Å². The van der Waals surface area contributed by atoms with Crippen molar-refractivity contribution in [3.63, 3.8) is 0 Å². The molecule has 2 aromatic heterocycles. The number of carbonyl (C=O) groups is 1. The Morgan fingerprint density at radius 1 is 1.19 bits per heavy atom. The predicted molar refractivity (Wildman–Crippen MR) is 96.6 cm³/mol. The van der Waals surface area contributed by atoms with Gasteiger partial charge in [-0.05, 0) is 35.9 Å². The van der Waals surface area contributed by atoms with Crippen LogP contribution in [-0.4, -0.2) is 42.6 Å². The fourth-order valence-corrected chi connectivity index (χ4v) is 2.47. The first-order valence-electron chi connectivity index (χ1n) is 8.93. The lowest BCUT2D eigenvalue weighted by molar-refractivity contribution is 0.0513. The SMILES string of the molecule is CCCCn1nnnc1COc1cn(-c2ccccc2)nc1C(=O)OCC. The highest BCUT2D eigenvalue weighted by molar-refractivity contribution is 5.90. The molecule has 27 heavy (non-hydrogen) atoms. The van der Waals surface area contributed by atoms with Gasteiger partial charge in [0.25, 0.3) is 0 Å². The molecule has 9 heteroatoms. The van der Waals surface area contributed by atoms with Crippen LogP contribution in [0.3, 0.4) is 0 Å². The number of rotatable bonds is 9. The lowest BCUT2D eigenvalue weighted by Crippen LogP contribution is -2.11. The van der Waals surface area contributed by atoms with Crippen LogP contribution in [0.4, 0.5) is 0 Å². The van der Waals surface area contributed by atoms with E-state index in [1.165, 1.54) is 0 Å². The molecule has 1 aromatic carbocycles. The van der Waals surface area contributed by atoms with E-state index in [4.69, 9.17) is 9.47 Å². The highest BCUT2D eigenvalue weighted by atomic mass is 16.5. The molecule has 0 amide bonds. The zero-order chi connectivity index (χ0) is 19.1. The van der Waals surface area contributed by atoms with Gasteiger partial charge in [0.2, 0.25) is 5.69 Å². The number of tetrazole rings is 1. The Balaban J connectivity index is 1.82. The Morgan fingerprint density at radius 3 is 2.74 bits per heavy atom. The number of hydrogen-bond donors (Lipinski definition) is 0. The van der Waals surface area contributed by atoms with Crippen molar-refractivity contribution in [1.82, 2.24) is 30.0 Å². The first-order chi connectivity index (χ1) is 13.2. The van der Waals surface area contributed by atoms with E-state index in [0.717, 1.165) is 25.1 Å². The molecular formula is C18H22N6O3. The maximum absolute atomic E-state index is 12.3. The number of aryl methyl sites for hydroxylation is 1. The molecule has 0 N–H and O–H groups in total. The second-order valence-corrected chi connectivity index (χ2v) is 5.80. The summed E-state index contributed by atoms with van der Waals surface area (Å²) in [5.74, 6) is 0.376. The van der Waals surface area contributed by atoms with Gasteiger partial charge in [0.1, 0.15) is 6.61 Å². The Kier molecular flexibility index (Phi) is 6.14. The zero-order valence-electron chi connectivity index (χ0n) is 15.4. The molecule has 0 saturated carbocycles. The van der Waals surface area contributed by atoms with Gasteiger partial charge in [0, 0.05) is 6.54 Å². The predicted octanol–water partition coefficient (Wildman–Crippen LogP) is 2.41. The number of ether oxygens (including phenoxy) is 2. The van der Waals surface area contributed by atoms with Crippen molar-refractivity contribution < 1.29 is 14.3 Å². The Hall–Kier alpha value is -3.23. The molecule has 0 aliphatic rings. The van der Waals surface area contributed by atoms with Crippen molar-refractivity contribution in [1.29, 1.82) is 0 Å². The summed E-state index contributed by atoms with van der Waals surface area (Å²) in [7, 11) is 0. The number of nitrogens with zero attached hydrogens (tertiary/aromatic N) is 6. The maximum atomic E-state index is 12.3. The topological polar surface area (TPSA) is 97.0 Å². The summed E-state index contributed by atoms with van der Waals surface area (Å²) in [6, 6.07) is 9.47. The fraction of sp³-hybridized carbons (Fsp3) is 0.389. The fourth-order valence-electron chi connectivity index (χ4n) is 2.47. The number of carbonyl (C=O) groups excluding carboxylic acids is 1. The Bertz CT molecular complexity index is 874. The van der Waals surface area contributed by atoms with E-state index in [1.807, 2.05) is 30.3 Å². The van der Waals surface area contributed by atoms with Crippen molar-refractivity contribution in [2.24, 2.45) is 0 Å². The summed E-state index contributed by atoms with van der Waals surface area (Å²) in [6.07, 6.45) is 3.66. The molecule has 0 aliphatic carbocycles. The van der Waals surface area contributed by atoms with Crippen molar-refractivity contribution in [3.05, 3.63) is 48.0 Å². The molecule has 0 unspecified atom stereocenters. The van der Waals surface area contributed by atoms with Crippen molar-refractivity contribution in [3.8, 4) is 11.4 Å². The molecule has 9 nitrogen and oxygen atoms in total. The molecule has 3 aromatic rings. The van der Waals surface area contributed by atoms with E-state index in [1.54, 1.807) is 22.5 Å². The van der Waals surface area contributed by atoms with Gasteiger partial charge in [-0.3, -0.25) is 0 Å². The molecule has 0 fully saturated rings. The van der Waals surface area contributed by atoms with E-state index in [-0.39, 0.29) is 18.9 Å². The highest BCUT2D eigenvalue weighted by Gasteiger charge is 2.21. The van der Waals surface area contributed by atoms with Gasteiger partial charge < -0.3 is 9.47 Å². The minimum atomic E-state index is -0.534. The number of aromatic nitrogens is 6. The molecule has 0 saturated heterocycles. The van der Waals surface area contributed by atoms with E-state index in [9.17, 15) is 4.79 Å². The molecule has 142 valence electrons. The number of esters is 1. The summed E-state index contributed by atoms with van der Waals surface area (Å²) in [6.45, 7) is 4.95. The first kappa shape index (κ1) is 18.6. The monoisotopic (exact) mass is 370 g/mol. The third-order valence-corrected chi connectivity index (χ3v) is 3.86. The van der Waals surface area contributed by atoms with Gasteiger partial charge in [0.15, 0.2) is 11.6 Å². The number of unbranched alkanes of at least 4 members (excludes halogenated alkanes) is 1. The highest BCUT2D eigenvalue weighted by Crippen LogP contribution is 2.22. The lowest BCUT2D eigenvalue weighted by Gasteiger charge is -2.06. The summed E-state index contributed by atoms with van der Waals surface area (Å²) >= 11 is 0. The molecule has 0 bridgehead atoms. The van der Waals surface area contributed by atoms with E-state index < -0.39 is 5.97 Å². The average Bonchev–Trinajstić information content (AvgIpc) is 3.32. The summed E-state index contributed by atoms with van der Waals surface area (Å²) in [5, 5.41) is 16.0. The summed E-state index contributed by atoms with van der Waals surface area (Å²) in [4.78, 5) is 12.3. The smallest absolute Gasteiger partial charge is 0.362 e. The van der Waals surface area contributed by atoms with Gasteiger partial charge in [-0.1, -0.05) is 31.5 Å². The maximum Gasteiger partial charge on any atom is 0.362 e. The lowest BCUT2D eigenvalue weighted by atomic mass is 10.3. The third-order valence-electron chi connectivity index (χ3n) is 3.86. The number of para-hydroxylation sites is 1. The average molecular weight is 370 g/mol. The van der Waals surface area contributed by atoms with E-state index in [2.05, 4.69) is 27.5 Å². The number of benzene rings is 1. The van der Waals surface area contributed by atoms with Gasteiger partial charge in [0.05, 0.1) is 18.5 Å². The van der Waals surface area contributed by atoms with Crippen LogP contribution < -0.4 is 4.74 Å². The minimum absolute atomic E-state index is 0.119. The quantitative estimate of drug-likeness (QED) is 0.534. The standard InChI is InChI=1S/C18H22N6O3/c1-3-5-11-23-16(19-21-22-23)13-27-15-12-24(14-9-7-6-8-10-14)20-17(15)18(25)26-4-2/h6-10,12H,3-5,11,13H2,1-2H3. The number of hydrogen-bond acceptors (Lipinski definition) is 7. The molecule has 0 atom stereocenters. The third kappa shape index (κ3) is 4.49. The zero-order valence-corrected chi connectivity index (χ0v) is 15.4. The van der Waals surface area contributed by atoms with E-state index >= 15 is 0 Å². The second-order valence-electron chi connectivity index (χ2n) is 5.80. The molecule has 0 spiro atoms. The molecule has 2 heterocycles. The van der Waals surface area contributed by atoms with Crippen LogP contribution >= 0.6 is 0 Å². The Labute approximate surface area is 156 Å². The molecule has 3 rings (SSSR count). The van der Waals surface area contributed by atoms with Crippen LogP contribution in [0, 0.1) is 0 Å². The van der Waals surface area contributed by atoms with Crippen LogP contribution in [0.5, 0.6) is 5.75 Å². The van der Waals surface area contributed by atoms with Crippen LogP contribution in [0.25, 0.3) is 5.69 Å². The van der Waals surface area contributed by atoms with Gasteiger partial charge >= 0.3 is 5.97 Å². The van der Waals surface area contributed by atoms with Crippen LogP contribution in [0.15, 0.2) is 36.5 Å². The largest absolute Gasteiger partial charge is 0.481 e. The Morgan fingerprint density at radius 2 is 2.00 bits per heavy atom. The molecule has 0 radical (unpaired) electrons.